The number of ether oxygens (including phenoxy) is 1. The second-order valence-corrected chi connectivity index (χ2v) is 5.85. The second kappa shape index (κ2) is 7.57. The van der Waals surface area contributed by atoms with Gasteiger partial charge in [0.2, 0.25) is 5.88 Å². The van der Waals surface area contributed by atoms with Crippen LogP contribution in [0.5, 0.6) is 5.88 Å². The Labute approximate surface area is 149 Å². The molecular formula is C19H15ClF2N2O. The first kappa shape index (κ1) is 17.3. The van der Waals surface area contributed by atoms with Crippen molar-refractivity contribution in [3.8, 4) is 17.3 Å². The zero-order valence-electron chi connectivity index (χ0n) is 13.5. The number of benzene rings is 2. The van der Waals surface area contributed by atoms with Crippen molar-refractivity contribution < 1.29 is 13.5 Å². The monoisotopic (exact) mass is 360 g/mol. The molecule has 0 N–H and O–H groups in total. The van der Waals surface area contributed by atoms with Gasteiger partial charge in [-0.05, 0) is 36.8 Å². The minimum absolute atomic E-state index is 0.126. The van der Waals surface area contributed by atoms with Gasteiger partial charge >= 0.3 is 0 Å². The summed E-state index contributed by atoms with van der Waals surface area (Å²) in [6.07, 6.45) is 0.681. The minimum Gasteiger partial charge on any atom is -0.473 e. The van der Waals surface area contributed by atoms with Gasteiger partial charge in [0.1, 0.15) is 18.2 Å². The van der Waals surface area contributed by atoms with Crippen molar-refractivity contribution in [2.75, 3.05) is 0 Å². The van der Waals surface area contributed by atoms with Gasteiger partial charge in [-0.3, -0.25) is 0 Å². The molecule has 0 bridgehead atoms. The van der Waals surface area contributed by atoms with Gasteiger partial charge in [0.15, 0.2) is 5.82 Å². The fourth-order valence-corrected chi connectivity index (χ4v) is 2.48. The molecule has 3 aromatic rings. The van der Waals surface area contributed by atoms with Gasteiger partial charge in [0.25, 0.3) is 0 Å². The number of aryl methyl sites for hydroxylation is 1. The Morgan fingerprint density at radius 3 is 2.64 bits per heavy atom. The van der Waals surface area contributed by atoms with Crippen LogP contribution >= 0.6 is 11.6 Å². The van der Waals surface area contributed by atoms with Crippen molar-refractivity contribution in [1.29, 1.82) is 0 Å². The third-order valence-corrected chi connectivity index (χ3v) is 3.82. The van der Waals surface area contributed by atoms with Crippen molar-refractivity contribution in [2.45, 2.75) is 20.0 Å². The zero-order chi connectivity index (χ0) is 17.8. The summed E-state index contributed by atoms with van der Waals surface area (Å²) in [5.41, 5.74) is 1.66. The highest BCUT2D eigenvalue weighted by atomic mass is 35.5. The molecule has 0 amide bonds. The maximum atomic E-state index is 13.7. The van der Waals surface area contributed by atoms with E-state index < -0.39 is 11.6 Å². The van der Waals surface area contributed by atoms with Gasteiger partial charge in [-0.15, -0.1) is 0 Å². The topological polar surface area (TPSA) is 35.0 Å². The molecule has 2 aromatic carbocycles. The van der Waals surface area contributed by atoms with Gasteiger partial charge in [-0.1, -0.05) is 30.7 Å². The summed E-state index contributed by atoms with van der Waals surface area (Å²) in [5.74, 6) is -0.278. The molecule has 3 nitrogen and oxygen atoms in total. The molecule has 0 radical (unpaired) electrons. The van der Waals surface area contributed by atoms with E-state index in [0.29, 0.717) is 23.1 Å². The largest absolute Gasteiger partial charge is 0.473 e. The van der Waals surface area contributed by atoms with Crippen LogP contribution in [-0.2, 0) is 13.0 Å². The third kappa shape index (κ3) is 4.31. The van der Waals surface area contributed by atoms with Crippen LogP contribution in [0.4, 0.5) is 8.78 Å². The number of hydrogen-bond donors (Lipinski definition) is 0. The fraction of sp³-hybridized carbons (Fsp3) is 0.158. The smallest absolute Gasteiger partial charge is 0.217 e. The van der Waals surface area contributed by atoms with Crippen molar-refractivity contribution in [3.05, 3.63) is 76.4 Å². The van der Waals surface area contributed by atoms with E-state index in [9.17, 15) is 8.78 Å². The highest BCUT2D eigenvalue weighted by molar-refractivity contribution is 6.30. The molecule has 0 aliphatic rings. The number of rotatable bonds is 5. The second-order valence-electron chi connectivity index (χ2n) is 5.41. The third-order valence-electron chi connectivity index (χ3n) is 3.58. The van der Waals surface area contributed by atoms with E-state index in [1.165, 1.54) is 0 Å². The van der Waals surface area contributed by atoms with Crippen LogP contribution in [0.25, 0.3) is 11.4 Å². The van der Waals surface area contributed by atoms with E-state index >= 15 is 0 Å². The molecule has 0 fully saturated rings. The van der Waals surface area contributed by atoms with Gasteiger partial charge < -0.3 is 4.74 Å². The Hall–Kier alpha value is -2.53. The Bertz CT molecular complexity index is 902. The molecule has 0 aliphatic heterocycles. The fourth-order valence-electron chi connectivity index (χ4n) is 2.29. The molecule has 0 saturated carbocycles. The lowest BCUT2D eigenvalue weighted by Gasteiger charge is -2.10. The summed E-state index contributed by atoms with van der Waals surface area (Å²) < 4.78 is 32.5. The summed E-state index contributed by atoms with van der Waals surface area (Å²) >= 11 is 6.02. The number of halogens is 3. The lowest BCUT2D eigenvalue weighted by molar-refractivity contribution is 0.286. The highest BCUT2D eigenvalue weighted by Crippen LogP contribution is 2.23. The van der Waals surface area contributed by atoms with Crippen LogP contribution in [0, 0.1) is 11.6 Å². The standard InChI is InChI=1S/C19H15ClF2N2O/c1-2-16-10-18(25-11-13-9-15(21)6-7-17(13)22)24-19(23-16)12-4-3-5-14(20)8-12/h3-10H,2,11H2,1H3. The van der Waals surface area contributed by atoms with Crippen LogP contribution in [0.15, 0.2) is 48.5 Å². The van der Waals surface area contributed by atoms with Crippen LogP contribution < -0.4 is 4.74 Å². The summed E-state index contributed by atoms with van der Waals surface area (Å²) in [6.45, 7) is 1.83. The molecule has 0 spiro atoms. The minimum atomic E-state index is -0.527. The number of hydrogen-bond acceptors (Lipinski definition) is 3. The van der Waals surface area contributed by atoms with Gasteiger partial charge in [0.05, 0.1) is 0 Å². The first-order valence-corrected chi connectivity index (χ1v) is 8.13. The predicted octanol–water partition coefficient (Wildman–Crippen LogP) is 5.22. The predicted molar refractivity (Wildman–Crippen MR) is 92.5 cm³/mol. The molecule has 0 saturated heterocycles. The van der Waals surface area contributed by atoms with Crippen molar-refractivity contribution >= 4 is 11.6 Å². The molecule has 128 valence electrons. The zero-order valence-corrected chi connectivity index (χ0v) is 14.2. The van der Waals surface area contributed by atoms with Crippen LogP contribution in [0.2, 0.25) is 5.02 Å². The van der Waals surface area contributed by atoms with Crippen LogP contribution in [0.3, 0.4) is 0 Å². The summed E-state index contributed by atoms with van der Waals surface area (Å²) in [4.78, 5) is 8.82. The molecule has 1 heterocycles. The molecule has 25 heavy (non-hydrogen) atoms. The maximum Gasteiger partial charge on any atom is 0.217 e. The van der Waals surface area contributed by atoms with Crippen LogP contribution in [-0.4, -0.2) is 9.97 Å². The molecule has 0 unspecified atom stereocenters. The normalized spacial score (nSPS) is 10.7. The first-order valence-electron chi connectivity index (χ1n) is 7.76. The van der Waals surface area contributed by atoms with E-state index in [-0.39, 0.29) is 12.2 Å². The number of nitrogens with zero attached hydrogens (tertiary/aromatic N) is 2. The summed E-state index contributed by atoms with van der Waals surface area (Å²) in [5, 5.41) is 0.576. The summed E-state index contributed by atoms with van der Waals surface area (Å²) in [6, 6.07) is 12.1. The Kier molecular flexibility index (Phi) is 5.24. The highest BCUT2D eigenvalue weighted by Gasteiger charge is 2.10. The lowest BCUT2D eigenvalue weighted by atomic mass is 10.2. The van der Waals surface area contributed by atoms with E-state index in [1.54, 1.807) is 18.2 Å². The van der Waals surface area contributed by atoms with E-state index in [1.807, 2.05) is 19.1 Å². The van der Waals surface area contributed by atoms with Crippen LogP contribution in [0.1, 0.15) is 18.2 Å². The van der Waals surface area contributed by atoms with Gasteiger partial charge in [-0.25, -0.2) is 13.8 Å². The average molecular weight is 361 g/mol. The number of aromatic nitrogens is 2. The van der Waals surface area contributed by atoms with Crippen molar-refractivity contribution in [1.82, 2.24) is 9.97 Å². The van der Waals surface area contributed by atoms with E-state index in [4.69, 9.17) is 16.3 Å². The molecule has 0 atom stereocenters. The molecule has 1 aromatic heterocycles. The molecular weight excluding hydrogens is 346 g/mol. The molecule has 6 heteroatoms. The van der Waals surface area contributed by atoms with Crippen molar-refractivity contribution in [3.63, 3.8) is 0 Å². The Morgan fingerprint density at radius 2 is 1.88 bits per heavy atom. The average Bonchev–Trinajstić information content (AvgIpc) is 2.62. The van der Waals surface area contributed by atoms with E-state index in [2.05, 4.69) is 9.97 Å². The maximum absolute atomic E-state index is 13.7. The van der Waals surface area contributed by atoms with Crippen molar-refractivity contribution in [2.24, 2.45) is 0 Å². The Balaban J connectivity index is 1.88. The lowest BCUT2D eigenvalue weighted by Crippen LogP contribution is -2.03. The SMILES string of the molecule is CCc1cc(OCc2cc(F)ccc2F)nc(-c2cccc(Cl)c2)n1. The molecule has 0 aliphatic carbocycles. The quantitative estimate of drug-likeness (QED) is 0.626. The van der Waals surface area contributed by atoms with Gasteiger partial charge in [0, 0.05) is 27.9 Å². The molecule has 3 rings (SSSR count). The first-order chi connectivity index (χ1) is 12.0. The Morgan fingerprint density at radius 1 is 1.04 bits per heavy atom. The van der Waals surface area contributed by atoms with E-state index in [0.717, 1.165) is 29.5 Å². The summed E-state index contributed by atoms with van der Waals surface area (Å²) in [7, 11) is 0. The van der Waals surface area contributed by atoms with Gasteiger partial charge in [-0.2, -0.15) is 4.98 Å².